The Kier molecular flexibility index (Phi) is 3.21. The van der Waals surface area contributed by atoms with E-state index < -0.39 is 28.0 Å². The van der Waals surface area contributed by atoms with Crippen LogP contribution in [0, 0.1) is 11.6 Å². The number of benzene rings is 1. The third-order valence-corrected chi connectivity index (χ3v) is 6.42. The normalized spacial score (nSPS) is 38.2. The molecular weight excluding hydrogens is 270 g/mol. The van der Waals surface area contributed by atoms with E-state index >= 15 is 0 Å². The molecule has 0 saturated carbocycles. The summed E-state index contributed by atoms with van der Waals surface area (Å²) in [5, 5.41) is 10.7. The van der Waals surface area contributed by atoms with Crippen LogP contribution in [-0.2, 0) is 16.4 Å². The molecule has 0 aliphatic carbocycles. The van der Waals surface area contributed by atoms with Crippen molar-refractivity contribution in [1.82, 2.24) is 0 Å². The predicted octanol–water partition coefficient (Wildman–Crippen LogP) is 2.62. The maximum atomic E-state index is 13.3. The first-order chi connectivity index (χ1) is 8.99. The van der Waals surface area contributed by atoms with Crippen LogP contribution in [0.1, 0.15) is 37.7 Å². The second-order valence-electron chi connectivity index (χ2n) is 5.57. The highest BCUT2D eigenvalue weighted by Gasteiger charge is 2.46. The summed E-state index contributed by atoms with van der Waals surface area (Å²) in [6.45, 7) is 0. The Morgan fingerprint density at radius 2 is 1.79 bits per heavy atom. The molecule has 2 aliphatic rings. The number of halogens is 2. The number of rotatable bonds is 1. The van der Waals surface area contributed by atoms with E-state index in [2.05, 4.69) is 0 Å². The zero-order chi connectivity index (χ0) is 13.6. The molecule has 5 heteroatoms. The molecule has 3 rings (SSSR count). The summed E-state index contributed by atoms with van der Waals surface area (Å²) in [7, 11) is -0.894. The summed E-state index contributed by atoms with van der Waals surface area (Å²) >= 11 is 0. The molecule has 0 spiro atoms. The fraction of sp³-hybridized carbons (Fsp3) is 0.571. The number of aliphatic hydroxyl groups is 1. The molecule has 0 amide bonds. The van der Waals surface area contributed by atoms with Gasteiger partial charge >= 0.3 is 0 Å². The molecular formula is C14H16F2O2S. The molecule has 1 aromatic rings. The summed E-state index contributed by atoms with van der Waals surface area (Å²) in [5.41, 5.74) is -0.766. The van der Waals surface area contributed by atoms with Crippen molar-refractivity contribution in [2.75, 3.05) is 0 Å². The Morgan fingerprint density at radius 3 is 2.37 bits per heavy atom. The highest BCUT2D eigenvalue weighted by molar-refractivity contribution is 7.86. The highest BCUT2D eigenvalue weighted by atomic mass is 32.2. The van der Waals surface area contributed by atoms with E-state index in [1.165, 1.54) is 6.07 Å². The van der Waals surface area contributed by atoms with Gasteiger partial charge in [0.05, 0.1) is 5.60 Å². The van der Waals surface area contributed by atoms with Gasteiger partial charge in [-0.05, 0) is 43.4 Å². The van der Waals surface area contributed by atoms with Gasteiger partial charge in [0.25, 0.3) is 0 Å². The second-order valence-corrected chi connectivity index (χ2v) is 7.56. The van der Waals surface area contributed by atoms with Crippen molar-refractivity contribution in [3.63, 3.8) is 0 Å². The largest absolute Gasteiger partial charge is 0.385 e. The first kappa shape index (κ1) is 13.2. The SMILES string of the molecule is O=S1C2CCCC1CC(O)(c1ccc(F)c(F)c1)C2. The van der Waals surface area contributed by atoms with Crippen molar-refractivity contribution in [2.45, 2.75) is 48.2 Å². The van der Waals surface area contributed by atoms with Crippen molar-refractivity contribution >= 4 is 10.8 Å². The minimum absolute atomic E-state index is 0.0226. The molecule has 2 fully saturated rings. The Morgan fingerprint density at radius 1 is 1.16 bits per heavy atom. The topological polar surface area (TPSA) is 37.3 Å². The fourth-order valence-electron chi connectivity index (χ4n) is 3.30. The molecule has 104 valence electrons. The lowest BCUT2D eigenvalue weighted by Crippen LogP contribution is -2.47. The van der Waals surface area contributed by atoms with E-state index in [9.17, 15) is 18.1 Å². The molecule has 2 bridgehead atoms. The van der Waals surface area contributed by atoms with E-state index in [0.29, 0.717) is 18.4 Å². The molecule has 1 N–H and O–H groups in total. The van der Waals surface area contributed by atoms with Crippen LogP contribution in [0.15, 0.2) is 18.2 Å². The van der Waals surface area contributed by atoms with E-state index in [1.807, 2.05) is 0 Å². The molecule has 19 heavy (non-hydrogen) atoms. The standard InChI is InChI=1S/C14H16F2O2S/c15-12-5-4-9(6-13(12)16)14(17)7-10-2-1-3-11(8-14)19(10)18/h4-6,10-11,17H,1-3,7-8H2. The first-order valence-corrected chi connectivity index (χ1v) is 7.84. The average Bonchev–Trinajstić information content (AvgIpc) is 2.35. The maximum Gasteiger partial charge on any atom is 0.159 e. The van der Waals surface area contributed by atoms with Crippen LogP contribution in [-0.4, -0.2) is 19.8 Å². The van der Waals surface area contributed by atoms with Crippen molar-refractivity contribution in [3.05, 3.63) is 35.4 Å². The number of fused-ring (bicyclic) bond motifs is 2. The van der Waals surface area contributed by atoms with Gasteiger partial charge in [0.2, 0.25) is 0 Å². The van der Waals surface area contributed by atoms with Crippen molar-refractivity contribution < 1.29 is 18.1 Å². The van der Waals surface area contributed by atoms with Gasteiger partial charge < -0.3 is 5.11 Å². The lowest BCUT2D eigenvalue weighted by Gasteiger charge is -2.43. The van der Waals surface area contributed by atoms with Crippen LogP contribution in [0.2, 0.25) is 0 Å². The summed E-state index contributed by atoms with van der Waals surface area (Å²) in [4.78, 5) is 0. The monoisotopic (exact) mass is 286 g/mol. The third-order valence-electron chi connectivity index (χ3n) is 4.30. The lowest BCUT2D eigenvalue weighted by molar-refractivity contribution is 0.00619. The summed E-state index contributed by atoms with van der Waals surface area (Å²) < 4.78 is 38.4. The summed E-state index contributed by atoms with van der Waals surface area (Å²) in [6.07, 6.45) is 3.47. The zero-order valence-electron chi connectivity index (χ0n) is 10.4. The Balaban J connectivity index is 1.95. The van der Waals surface area contributed by atoms with Gasteiger partial charge in [-0.15, -0.1) is 0 Å². The van der Waals surface area contributed by atoms with Gasteiger partial charge in [0.15, 0.2) is 11.6 Å². The van der Waals surface area contributed by atoms with Gasteiger partial charge in [0.1, 0.15) is 0 Å². The number of hydrogen-bond donors (Lipinski definition) is 1. The van der Waals surface area contributed by atoms with Gasteiger partial charge in [-0.2, -0.15) is 0 Å². The molecule has 0 radical (unpaired) electrons. The van der Waals surface area contributed by atoms with E-state index in [1.54, 1.807) is 0 Å². The Hall–Kier alpha value is -0.810. The first-order valence-electron chi connectivity index (χ1n) is 6.57. The minimum atomic E-state index is -1.17. The smallest absolute Gasteiger partial charge is 0.159 e. The second kappa shape index (κ2) is 4.63. The predicted molar refractivity (Wildman–Crippen MR) is 69.1 cm³/mol. The molecule has 0 aromatic heterocycles. The number of hydrogen-bond acceptors (Lipinski definition) is 2. The quantitative estimate of drug-likeness (QED) is 0.861. The van der Waals surface area contributed by atoms with E-state index in [4.69, 9.17) is 0 Å². The van der Waals surface area contributed by atoms with E-state index in [-0.39, 0.29) is 10.5 Å². The van der Waals surface area contributed by atoms with Crippen molar-refractivity contribution in [2.24, 2.45) is 0 Å². The fourth-order valence-corrected chi connectivity index (χ4v) is 5.53. The molecule has 2 heterocycles. The van der Waals surface area contributed by atoms with Crippen LogP contribution >= 0.6 is 0 Å². The third kappa shape index (κ3) is 2.23. The van der Waals surface area contributed by atoms with Crippen molar-refractivity contribution in [3.8, 4) is 0 Å². The van der Waals surface area contributed by atoms with Gasteiger partial charge in [-0.1, -0.05) is 12.5 Å². The molecule has 2 nitrogen and oxygen atoms in total. The zero-order valence-corrected chi connectivity index (χ0v) is 11.3. The Bertz CT molecular complexity index is 516. The molecule has 2 atom stereocenters. The lowest BCUT2D eigenvalue weighted by atomic mass is 9.80. The van der Waals surface area contributed by atoms with Crippen LogP contribution < -0.4 is 0 Å². The van der Waals surface area contributed by atoms with Gasteiger partial charge in [-0.25, -0.2) is 8.78 Å². The van der Waals surface area contributed by atoms with Crippen molar-refractivity contribution in [1.29, 1.82) is 0 Å². The summed E-state index contributed by atoms with van der Waals surface area (Å²) in [5.74, 6) is -1.85. The highest BCUT2D eigenvalue weighted by Crippen LogP contribution is 2.44. The van der Waals surface area contributed by atoms with Gasteiger partial charge in [-0.3, -0.25) is 4.21 Å². The van der Waals surface area contributed by atoms with Crippen LogP contribution in [0.5, 0.6) is 0 Å². The molecule has 2 unspecified atom stereocenters. The molecule has 2 aliphatic heterocycles. The van der Waals surface area contributed by atoms with Gasteiger partial charge in [0, 0.05) is 21.3 Å². The molecule has 1 aromatic carbocycles. The van der Waals surface area contributed by atoms with Crippen LogP contribution in [0.3, 0.4) is 0 Å². The molecule has 2 saturated heterocycles. The van der Waals surface area contributed by atoms with Crippen LogP contribution in [0.4, 0.5) is 8.78 Å². The minimum Gasteiger partial charge on any atom is -0.385 e. The van der Waals surface area contributed by atoms with E-state index in [0.717, 1.165) is 31.4 Å². The summed E-state index contributed by atoms with van der Waals surface area (Å²) in [6, 6.07) is 3.55. The average molecular weight is 286 g/mol. The Labute approximate surface area is 113 Å². The maximum absolute atomic E-state index is 13.3. The van der Waals surface area contributed by atoms with Crippen LogP contribution in [0.25, 0.3) is 0 Å².